The van der Waals surface area contributed by atoms with Crippen molar-refractivity contribution in [3.05, 3.63) is 77.1 Å². The summed E-state index contributed by atoms with van der Waals surface area (Å²) in [7, 11) is 0. The van der Waals surface area contributed by atoms with Gasteiger partial charge in [-0.2, -0.15) is 0 Å². The Hall–Kier alpha value is -3.34. The summed E-state index contributed by atoms with van der Waals surface area (Å²) < 4.78 is 35.9. The van der Waals surface area contributed by atoms with Crippen LogP contribution in [0.4, 0.5) is 20.4 Å². The Kier molecular flexibility index (Phi) is 8.54. The molecule has 3 N–H and O–H groups in total. The van der Waals surface area contributed by atoms with Crippen molar-refractivity contribution in [1.82, 2.24) is 14.5 Å². The quantitative estimate of drug-likeness (QED) is 0.435. The molecule has 2 aliphatic rings. The predicted molar refractivity (Wildman–Crippen MR) is 147 cm³/mol. The van der Waals surface area contributed by atoms with E-state index < -0.39 is 23.5 Å². The molecule has 3 aromatic rings. The Morgan fingerprint density at radius 3 is 2.74 bits per heavy atom. The third kappa shape index (κ3) is 6.29. The molecule has 8 nitrogen and oxygen atoms in total. The molecule has 2 fully saturated rings. The van der Waals surface area contributed by atoms with Crippen molar-refractivity contribution in [2.45, 2.75) is 25.8 Å². The van der Waals surface area contributed by atoms with Gasteiger partial charge < -0.3 is 24.8 Å². The van der Waals surface area contributed by atoms with E-state index in [0.29, 0.717) is 57.4 Å². The van der Waals surface area contributed by atoms with Crippen LogP contribution < -0.4 is 16.0 Å². The number of halogens is 2. The van der Waals surface area contributed by atoms with Gasteiger partial charge in [0.1, 0.15) is 11.6 Å². The monoisotopic (exact) mass is 538 g/mol. The SMILES string of the molecule is Cc1ccc(Cn2ccnc2NC(=O)C2CN(CCCN)C[C@H]2c2ccc(F)cc2F)c(N2CCOCC2)c1. The van der Waals surface area contributed by atoms with Gasteiger partial charge in [0.25, 0.3) is 0 Å². The summed E-state index contributed by atoms with van der Waals surface area (Å²) >= 11 is 0. The van der Waals surface area contributed by atoms with E-state index in [4.69, 9.17) is 10.5 Å². The molecule has 1 unspecified atom stereocenters. The molecule has 0 aliphatic carbocycles. The molecule has 0 radical (unpaired) electrons. The van der Waals surface area contributed by atoms with Gasteiger partial charge in [-0.15, -0.1) is 0 Å². The average molecular weight is 539 g/mol. The minimum Gasteiger partial charge on any atom is -0.378 e. The molecule has 0 bridgehead atoms. The molecule has 2 aromatic carbocycles. The maximum atomic E-state index is 14.8. The summed E-state index contributed by atoms with van der Waals surface area (Å²) in [5.41, 5.74) is 9.50. The fourth-order valence-corrected chi connectivity index (χ4v) is 5.62. The summed E-state index contributed by atoms with van der Waals surface area (Å²) in [5, 5.41) is 3.00. The molecule has 1 amide bonds. The van der Waals surface area contributed by atoms with Gasteiger partial charge in [-0.25, -0.2) is 13.8 Å². The number of carbonyl (C=O) groups is 1. The lowest BCUT2D eigenvalue weighted by Crippen LogP contribution is -2.37. The average Bonchev–Trinajstić information content (AvgIpc) is 3.56. The number of imidazole rings is 1. The zero-order valence-electron chi connectivity index (χ0n) is 22.3. The molecule has 2 aliphatic heterocycles. The fraction of sp³-hybridized carbons (Fsp3) is 0.448. The number of morpholine rings is 1. The minimum absolute atomic E-state index is 0.233. The summed E-state index contributed by atoms with van der Waals surface area (Å²) in [5.74, 6) is -1.98. The van der Waals surface area contributed by atoms with E-state index in [2.05, 4.69) is 45.2 Å². The second-order valence-electron chi connectivity index (χ2n) is 10.4. The molecule has 10 heteroatoms. The largest absolute Gasteiger partial charge is 0.378 e. The number of nitrogens with two attached hydrogens (primary N) is 1. The molecule has 1 aromatic heterocycles. The number of ether oxygens (including phenoxy) is 1. The molecule has 39 heavy (non-hydrogen) atoms. The second kappa shape index (κ2) is 12.2. The van der Waals surface area contributed by atoms with Gasteiger partial charge in [0.2, 0.25) is 11.9 Å². The standard InChI is InChI=1S/C29H36F2N6O2/c1-20-3-4-21(27(15-20)36-11-13-39-14-12-36)17-37-10-8-33-29(37)34-28(38)25-19-35(9-2-7-32)18-24(25)23-6-5-22(30)16-26(23)31/h3-6,8,10,15-16,24-25H,2,7,9,11-14,17-19,32H2,1H3,(H,33,34,38)/t24-,25?/m0/s1. The normalized spacial score (nSPS) is 19.9. The predicted octanol–water partition coefficient (Wildman–Crippen LogP) is 3.36. The molecule has 208 valence electrons. The van der Waals surface area contributed by atoms with Gasteiger partial charge in [0.05, 0.1) is 25.7 Å². The summed E-state index contributed by atoms with van der Waals surface area (Å²) in [6, 6.07) is 9.97. The first-order chi connectivity index (χ1) is 18.9. The maximum absolute atomic E-state index is 14.8. The Bertz CT molecular complexity index is 1290. The number of carbonyl (C=O) groups excluding carboxylic acids is 1. The first kappa shape index (κ1) is 27.2. The van der Waals surface area contributed by atoms with E-state index in [1.165, 1.54) is 17.7 Å². The highest BCUT2D eigenvalue weighted by Gasteiger charge is 2.39. The van der Waals surface area contributed by atoms with Crippen LogP contribution in [-0.4, -0.2) is 72.8 Å². The van der Waals surface area contributed by atoms with Crippen molar-refractivity contribution >= 4 is 17.5 Å². The highest BCUT2D eigenvalue weighted by atomic mass is 19.1. The number of anilines is 2. The van der Waals surface area contributed by atoms with E-state index in [-0.39, 0.29) is 5.91 Å². The Morgan fingerprint density at radius 2 is 1.97 bits per heavy atom. The molecular formula is C29H36F2N6O2. The van der Waals surface area contributed by atoms with E-state index in [9.17, 15) is 13.6 Å². The Labute approximate surface area is 227 Å². The second-order valence-corrected chi connectivity index (χ2v) is 10.4. The number of aryl methyl sites for hydroxylation is 1. The number of hydrogen-bond acceptors (Lipinski definition) is 6. The van der Waals surface area contributed by atoms with Crippen LogP contribution in [0.1, 0.15) is 29.0 Å². The van der Waals surface area contributed by atoms with Crippen LogP contribution in [0, 0.1) is 24.5 Å². The first-order valence-electron chi connectivity index (χ1n) is 13.5. The molecule has 0 saturated carbocycles. The maximum Gasteiger partial charge on any atom is 0.231 e. The van der Waals surface area contributed by atoms with Crippen molar-refractivity contribution in [3.8, 4) is 0 Å². The molecular weight excluding hydrogens is 502 g/mol. The van der Waals surface area contributed by atoms with Gasteiger partial charge in [0.15, 0.2) is 0 Å². The van der Waals surface area contributed by atoms with Crippen LogP contribution in [0.3, 0.4) is 0 Å². The molecule has 0 spiro atoms. The number of aromatic nitrogens is 2. The number of benzene rings is 2. The number of likely N-dealkylation sites (tertiary alicyclic amines) is 1. The van der Waals surface area contributed by atoms with Crippen LogP contribution in [0.15, 0.2) is 48.8 Å². The number of rotatable bonds is 9. The van der Waals surface area contributed by atoms with Gasteiger partial charge in [0, 0.05) is 56.2 Å². The summed E-state index contributed by atoms with van der Waals surface area (Å²) in [6.45, 7) is 7.87. The third-order valence-corrected chi connectivity index (χ3v) is 7.66. The van der Waals surface area contributed by atoms with Crippen molar-refractivity contribution in [3.63, 3.8) is 0 Å². The minimum atomic E-state index is -0.634. The van der Waals surface area contributed by atoms with Crippen LogP contribution in [0.5, 0.6) is 0 Å². The Balaban J connectivity index is 1.35. The van der Waals surface area contributed by atoms with Crippen LogP contribution in [0.25, 0.3) is 0 Å². The number of nitrogens with one attached hydrogen (secondary N) is 1. The molecule has 2 saturated heterocycles. The molecule has 2 atom stereocenters. The highest BCUT2D eigenvalue weighted by Crippen LogP contribution is 2.35. The van der Waals surface area contributed by atoms with Crippen molar-refractivity contribution in [2.75, 3.05) is 62.7 Å². The Morgan fingerprint density at radius 1 is 1.15 bits per heavy atom. The summed E-state index contributed by atoms with van der Waals surface area (Å²) in [6.07, 6.45) is 4.29. The van der Waals surface area contributed by atoms with E-state index in [1.807, 2.05) is 10.8 Å². The van der Waals surface area contributed by atoms with E-state index in [0.717, 1.165) is 36.8 Å². The summed E-state index contributed by atoms with van der Waals surface area (Å²) in [4.78, 5) is 22.5. The van der Waals surface area contributed by atoms with Gasteiger partial charge in [-0.1, -0.05) is 18.2 Å². The third-order valence-electron chi connectivity index (χ3n) is 7.66. The number of hydrogen-bond donors (Lipinski definition) is 2. The lowest BCUT2D eigenvalue weighted by atomic mass is 9.88. The fourth-order valence-electron chi connectivity index (χ4n) is 5.62. The highest BCUT2D eigenvalue weighted by molar-refractivity contribution is 5.92. The lowest BCUT2D eigenvalue weighted by molar-refractivity contribution is -0.120. The van der Waals surface area contributed by atoms with E-state index >= 15 is 0 Å². The van der Waals surface area contributed by atoms with Gasteiger partial charge >= 0.3 is 0 Å². The smallest absolute Gasteiger partial charge is 0.231 e. The number of amides is 1. The number of nitrogens with zero attached hydrogens (tertiary/aromatic N) is 4. The van der Waals surface area contributed by atoms with Crippen molar-refractivity contribution in [2.24, 2.45) is 11.7 Å². The topological polar surface area (TPSA) is 88.7 Å². The van der Waals surface area contributed by atoms with Crippen molar-refractivity contribution in [1.29, 1.82) is 0 Å². The van der Waals surface area contributed by atoms with Gasteiger partial charge in [-0.3, -0.25) is 10.1 Å². The van der Waals surface area contributed by atoms with Crippen LogP contribution in [0.2, 0.25) is 0 Å². The molecule has 5 rings (SSSR count). The molecule has 3 heterocycles. The zero-order valence-corrected chi connectivity index (χ0v) is 22.3. The lowest BCUT2D eigenvalue weighted by Gasteiger charge is -2.31. The first-order valence-corrected chi connectivity index (χ1v) is 13.5. The van der Waals surface area contributed by atoms with Crippen molar-refractivity contribution < 1.29 is 18.3 Å². The van der Waals surface area contributed by atoms with Crippen LogP contribution in [-0.2, 0) is 16.1 Å². The zero-order chi connectivity index (χ0) is 27.4. The van der Waals surface area contributed by atoms with Crippen LogP contribution >= 0.6 is 0 Å². The van der Waals surface area contributed by atoms with E-state index in [1.54, 1.807) is 6.20 Å². The van der Waals surface area contributed by atoms with Gasteiger partial charge in [-0.05, 0) is 55.3 Å².